The third-order valence-electron chi connectivity index (χ3n) is 5.39. The van der Waals surface area contributed by atoms with Crippen LogP contribution in [0, 0.1) is 5.41 Å². The average Bonchev–Trinajstić information content (AvgIpc) is 2.57. The topological polar surface area (TPSA) is 0 Å². The minimum atomic E-state index is -2.08. The van der Waals surface area contributed by atoms with Crippen LogP contribution in [0.25, 0.3) is 0 Å². The summed E-state index contributed by atoms with van der Waals surface area (Å²) in [6.45, 7) is 20.7. The summed E-state index contributed by atoms with van der Waals surface area (Å²) >= 11 is -2.08. The van der Waals surface area contributed by atoms with Crippen LogP contribution in [0.4, 0.5) is 0 Å². The first-order valence-electron chi connectivity index (χ1n) is 9.33. The Morgan fingerprint density at radius 3 is 1.68 bits per heavy atom. The number of allylic oxidation sites excluding steroid dienone is 3. The Labute approximate surface area is 146 Å². The summed E-state index contributed by atoms with van der Waals surface area (Å²) in [7, 11) is -1.46. The molecule has 0 bridgehead atoms. The van der Waals surface area contributed by atoms with E-state index in [9.17, 15) is 0 Å². The third-order valence-corrected chi connectivity index (χ3v) is 24.7. The van der Waals surface area contributed by atoms with Crippen LogP contribution in [-0.4, -0.2) is 33.2 Å². The van der Waals surface area contributed by atoms with Crippen LogP contribution in [-0.2, 0) is 0 Å². The van der Waals surface area contributed by atoms with E-state index in [1.165, 1.54) is 19.1 Å². The van der Waals surface area contributed by atoms with E-state index in [0.717, 1.165) is 6.71 Å². The molecular formula is C19H39BSiSn. The molecule has 0 unspecified atom stereocenters. The molecule has 1 aliphatic rings. The minimum absolute atomic E-state index is 0.326. The molecule has 0 nitrogen and oxygen atoms in total. The molecule has 0 saturated heterocycles. The fraction of sp³-hybridized carbons (Fsp3) is 0.789. The fourth-order valence-electron chi connectivity index (χ4n) is 5.37. The van der Waals surface area contributed by atoms with E-state index < -0.39 is 26.5 Å². The van der Waals surface area contributed by atoms with E-state index in [2.05, 4.69) is 69.5 Å². The first-order valence-corrected chi connectivity index (χ1v) is 22.3. The van der Waals surface area contributed by atoms with Crippen molar-refractivity contribution in [2.45, 2.75) is 88.5 Å². The second-order valence-electron chi connectivity index (χ2n) is 9.63. The molecular weight excluding hydrogens is 386 g/mol. The van der Waals surface area contributed by atoms with Crippen LogP contribution in [0.3, 0.4) is 0 Å². The third kappa shape index (κ3) is 3.63. The van der Waals surface area contributed by atoms with Crippen molar-refractivity contribution >= 4 is 33.2 Å². The summed E-state index contributed by atoms with van der Waals surface area (Å²) < 4.78 is 2.04. The first kappa shape index (κ1) is 20.6. The van der Waals surface area contributed by atoms with Gasteiger partial charge in [-0.3, -0.25) is 0 Å². The van der Waals surface area contributed by atoms with Gasteiger partial charge in [-0.15, -0.1) is 0 Å². The van der Waals surface area contributed by atoms with Gasteiger partial charge in [0.1, 0.15) is 0 Å². The number of hydrogen-bond donors (Lipinski definition) is 0. The van der Waals surface area contributed by atoms with Gasteiger partial charge in [-0.1, -0.05) is 0 Å². The van der Waals surface area contributed by atoms with Crippen LogP contribution in [0.5, 0.6) is 0 Å². The van der Waals surface area contributed by atoms with Crippen molar-refractivity contribution in [3.05, 3.63) is 19.5 Å². The second-order valence-corrected chi connectivity index (χ2v) is 29.6. The van der Waals surface area contributed by atoms with Crippen molar-refractivity contribution in [3.63, 3.8) is 0 Å². The molecule has 0 aromatic heterocycles. The fourth-order valence-corrected chi connectivity index (χ4v) is 32.1. The van der Waals surface area contributed by atoms with E-state index >= 15 is 0 Å². The molecule has 22 heavy (non-hydrogen) atoms. The maximum atomic E-state index is 2.66. The summed E-state index contributed by atoms with van der Waals surface area (Å²) in [6.07, 6.45) is 3.85. The Bertz CT molecular complexity index is 483. The van der Waals surface area contributed by atoms with Crippen molar-refractivity contribution in [1.29, 1.82) is 0 Å². The second kappa shape index (κ2) is 6.82. The molecule has 3 heteroatoms. The van der Waals surface area contributed by atoms with Gasteiger partial charge >= 0.3 is 147 Å². The SMILES string of the molecule is CCB(CC)C1=C(C(C)(C)C)[Si](C)(C)[C]([Sn]([CH3])([CH3])[CH3])=C1CC. The molecule has 126 valence electrons. The van der Waals surface area contributed by atoms with Crippen molar-refractivity contribution in [3.8, 4) is 0 Å². The van der Waals surface area contributed by atoms with Gasteiger partial charge in [0.15, 0.2) is 0 Å². The Hall–Kier alpha value is 0.561. The standard InChI is InChI=1S/C16H30BSi.3CH3.Sn/c1-9-13-12-18(7,8)15(16(4,5)6)14(13)17(10-2)11-3;;;;/h9-11H2,1-8H3;3*1H3;. The molecule has 0 fully saturated rings. The molecule has 1 heterocycles. The average molecular weight is 425 g/mol. The molecule has 0 amide bonds. The molecule has 1 rings (SSSR count). The Kier molecular flexibility index (Phi) is 6.39. The maximum absolute atomic E-state index is 2.66. The molecule has 0 aromatic carbocycles. The van der Waals surface area contributed by atoms with Gasteiger partial charge in [0.2, 0.25) is 0 Å². The van der Waals surface area contributed by atoms with Crippen molar-refractivity contribution in [2.24, 2.45) is 5.41 Å². The Morgan fingerprint density at radius 1 is 0.955 bits per heavy atom. The van der Waals surface area contributed by atoms with Gasteiger partial charge in [-0.05, 0) is 0 Å². The molecule has 0 saturated carbocycles. The van der Waals surface area contributed by atoms with E-state index in [0.29, 0.717) is 5.41 Å². The molecule has 0 N–H and O–H groups in total. The van der Waals surface area contributed by atoms with Crippen LogP contribution >= 0.6 is 0 Å². The van der Waals surface area contributed by atoms with Crippen molar-refractivity contribution < 1.29 is 0 Å². The molecule has 0 aromatic rings. The zero-order valence-electron chi connectivity index (χ0n) is 17.2. The molecule has 1 aliphatic heterocycles. The van der Waals surface area contributed by atoms with Gasteiger partial charge in [0.25, 0.3) is 0 Å². The quantitative estimate of drug-likeness (QED) is 0.426. The van der Waals surface area contributed by atoms with Gasteiger partial charge < -0.3 is 0 Å². The number of rotatable bonds is 5. The molecule has 0 spiro atoms. The van der Waals surface area contributed by atoms with E-state index in [4.69, 9.17) is 0 Å². The molecule has 0 radical (unpaired) electrons. The number of hydrogen-bond acceptors (Lipinski definition) is 0. The predicted molar refractivity (Wildman–Crippen MR) is 111 cm³/mol. The predicted octanol–water partition coefficient (Wildman–Crippen LogP) is 6.79. The summed E-state index contributed by atoms with van der Waals surface area (Å²) in [5.41, 5.74) is 3.99. The monoisotopic (exact) mass is 426 g/mol. The first-order chi connectivity index (χ1) is 9.83. The zero-order chi connectivity index (χ0) is 17.5. The summed E-state index contributed by atoms with van der Waals surface area (Å²) in [6, 6.07) is 0. The van der Waals surface area contributed by atoms with E-state index in [1.807, 2.05) is 19.5 Å². The van der Waals surface area contributed by atoms with Gasteiger partial charge in [-0.2, -0.15) is 0 Å². The summed E-state index contributed by atoms with van der Waals surface area (Å²) in [5.74, 6) is 0. The zero-order valence-corrected chi connectivity index (χ0v) is 21.1. The van der Waals surface area contributed by atoms with E-state index in [-0.39, 0.29) is 0 Å². The molecule has 0 atom stereocenters. The van der Waals surface area contributed by atoms with Gasteiger partial charge in [-0.25, -0.2) is 0 Å². The van der Waals surface area contributed by atoms with Crippen molar-refractivity contribution in [2.75, 3.05) is 0 Å². The summed E-state index contributed by atoms with van der Waals surface area (Å²) in [4.78, 5) is 7.93. The van der Waals surface area contributed by atoms with Gasteiger partial charge in [0, 0.05) is 0 Å². The van der Waals surface area contributed by atoms with Crippen LogP contribution < -0.4 is 0 Å². The Balaban J connectivity index is 3.79. The van der Waals surface area contributed by atoms with Gasteiger partial charge in [0.05, 0.1) is 0 Å². The summed E-state index contributed by atoms with van der Waals surface area (Å²) in [5, 5.41) is 1.90. The van der Waals surface area contributed by atoms with Crippen LogP contribution in [0.1, 0.15) is 48.0 Å². The van der Waals surface area contributed by atoms with Crippen LogP contribution in [0.2, 0.25) is 40.6 Å². The normalized spacial score (nSPS) is 19.2. The van der Waals surface area contributed by atoms with Crippen molar-refractivity contribution in [1.82, 2.24) is 0 Å². The van der Waals surface area contributed by atoms with E-state index in [1.54, 1.807) is 0 Å². The Morgan fingerprint density at radius 2 is 1.41 bits per heavy atom. The van der Waals surface area contributed by atoms with Crippen LogP contribution in [0.15, 0.2) is 19.5 Å². The molecule has 0 aliphatic carbocycles.